The summed E-state index contributed by atoms with van der Waals surface area (Å²) in [7, 11) is 0. The van der Waals surface area contributed by atoms with Crippen LogP contribution in [0, 0.1) is 0 Å². The molecule has 1 N–H and O–H groups in total. The predicted molar refractivity (Wildman–Crippen MR) is 93.9 cm³/mol. The van der Waals surface area contributed by atoms with Crippen LogP contribution in [0.5, 0.6) is 0 Å². The lowest BCUT2D eigenvalue weighted by Gasteiger charge is -2.23. The van der Waals surface area contributed by atoms with Crippen LogP contribution in [-0.2, 0) is 4.79 Å². The molecule has 7 heteroatoms. The van der Waals surface area contributed by atoms with Gasteiger partial charge in [0.15, 0.2) is 4.34 Å². The van der Waals surface area contributed by atoms with Crippen LogP contribution in [-0.4, -0.2) is 34.4 Å². The second kappa shape index (κ2) is 8.14. The molecule has 0 fully saturated rings. The highest BCUT2D eigenvalue weighted by molar-refractivity contribution is 8.02. The molecule has 0 saturated heterocycles. The zero-order valence-corrected chi connectivity index (χ0v) is 14.6. The van der Waals surface area contributed by atoms with E-state index in [1.54, 1.807) is 4.90 Å². The maximum Gasteiger partial charge on any atom is 0.240 e. The van der Waals surface area contributed by atoms with Crippen LogP contribution in [0.25, 0.3) is 0 Å². The molecule has 0 bridgehead atoms. The van der Waals surface area contributed by atoms with E-state index >= 15 is 0 Å². The number of hydrogen-bond donors (Lipinski definition) is 1. The van der Waals surface area contributed by atoms with Crippen LogP contribution in [0.1, 0.15) is 20.8 Å². The smallest absolute Gasteiger partial charge is 0.240 e. The molecule has 1 atom stereocenters. The average Bonchev–Trinajstić information content (AvgIpc) is 2.96. The highest BCUT2D eigenvalue weighted by atomic mass is 32.2. The van der Waals surface area contributed by atoms with E-state index in [0.717, 1.165) is 21.7 Å². The maximum absolute atomic E-state index is 12.7. The molecule has 1 aromatic carbocycles. The van der Waals surface area contributed by atoms with Crippen LogP contribution >= 0.6 is 23.1 Å². The molecular formula is C15H20N4OS2. The Labute approximate surface area is 139 Å². The molecule has 118 valence electrons. The normalized spacial score (nSPS) is 12.0. The topological polar surface area (TPSA) is 58.1 Å². The minimum absolute atomic E-state index is 0.0823. The van der Waals surface area contributed by atoms with Crippen molar-refractivity contribution in [1.29, 1.82) is 0 Å². The van der Waals surface area contributed by atoms with Gasteiger partial charge in [-0.2, -0.15) is 0 Å². The van der Waals surface area contributed by atoms with Crippen molar-refractivity contribution in [2.24, 2.45) is 0 Å². The molecule has 1 amide bonds. The van der Waals surface area contributed by atoms with Gasteiger partial charge in [-0.15, -0.1) is 10.2 Å². The first-order valence-electron chi connectivity index (χ1n) is 7.26. The first kappa shape index (κ1) is 16.8. The summed E-state index contributed by atoms with van der Waals surface area (Å²) in [6.45, 7) is 7.36. The second-order valence-electron chi connectivity index (χ2n) is 4.58. The Morgan fingerprint density at radius 1 is 1.32 bits per heavy atom. The number of hydrogen-bond acceptors (Lipinski definition) is 6. The van der Waals surface area contributed by atoms with Gasteiger partial charge in [0.2, 0.25) is 11.0 Å². The number of carbonyl (C=O) groups excluding carboxylic acids is 1. The number of nitrogens with one attached hydrogen (secondary N) is 1. The molecule has 2 rings (SSSR count). The molecule has 0 aliphatic carbocycles. The summed E-state index contributed by atoms with van der Waals surface area (Å²) in [6, 6.07) is 9.73. The van der Waals surface area contributed by atoms with Gasteiger partial charge in [-0.3, -0.25) is 4.79 Å². The quantitative estimate of drug-likeness (QED) is 0.784. The fourth-order valence-electron chi connectivity index (χ4n) is 1.97. The third-order valence-corrected chi connectivity index (χ3v) is 5.06. The molecule has 5 nitrogen and oxygen atoms in total. The molecule has 0 aliphatic rings. The van der Waals surface area contributed by atoms with E-state index in [1.165, 1.54) is 23.1 Å². The molecule has 2 aromatic rings. The summed E-state index contributed by atoms with van der Waals surface area (Å²) in [6.07, 6.45) is 0. The average molecular weight is 336 g/mol. The highest BCUT2D eigenvalue weighted by Gasteiger charge is 2.23. The SMILES string of the molecule is CCNc1nnc(SC(C)C(=O)N(CC)c2ccccc2)s1. The zero-order valence-electron chi connectivity index (χ0n) is 12.9. The monoisotopic (exact) mass is 336 g/mol. The van der Waals surface area contributed by atoms with Crippen molar-refractivity contribution in [3.05, 3.63) is 30.3 Å². The Balaban J connectivity index is 2.03. The van der Waals surface area contributed by atoms with Gasteiger partial charge in [0.25, 0.3) is 0 Å². The number of carbonyl (C=O) groups is 1. The standard InChI is InChI=1S/C15H20N4OS2/c1-4-16-14-17-18-15(22-14)21-11(3)13(20)19(5-2)12-9-7-6-8-10-12/h6-11H,4-5H2,1-3H3,(H,16,17). The lowest BCUT2D eigenvalue weighted by Crippen LogP contribution is -2.36. The summed E-state index contributed by atoms with van der Waals surface area (Å²) in [5.74, 6) is 0.0823. The highest BCUT2D eigenvalue weighted by Crippen LogP contribution is 2.30. The van der Waals surface area contributed by atoms with E-state index in [1.807, 2.05) is 51.1 Å². The minimum atomic E-state index is -0.206. The van der Waals surface area contributed by atoms with Gasteiger partial charge in [0.05, 0.1) is 5.25 Å². The number of benzene rings is 1. The van der Waals surface area contributed by atoms with Gasteiger partial charge in [-0.05, 0) is 32.9 Å². The van der Waals surface area contributed by atoms with Crippen LogP contribution in [0.2, 0.25) is 0 Å². The molecular weight excluding hydrogens is 316 g/mol. The zero-order chi connectivity index (χ0) is 15.9. The van der Waals surface area contributed by atoms with Gasteiger partial charge in [-0.25, -0.2) is 0 Å². The molecule has 1 unspecified atom stereocenters. The Morgan fingerprint density at radius 3 is 2.68 bits per heavy atom. The number of para-hydroxylation sites is 1. The molecule has 0 saturated carbocycles. The van der Waals surface area contributed by atoms with Crippen molar-refractivity contribution < 1.29 is 4.79 Å². The maximum atomic E-state index is 12.7. The molecule has 1 heterocycles. The Morgan fingerprint density at radius 2 is 2.05 bits per heavy atom. The second-order valence-corrected chi connectivity index (χ2v) is 7.15. The summed E-state index contributed by atoms with van der Waals surface area (Å²) >= 11 is 2.93. The molecule has 0 aliphatic heterocycles. The lowest BCUT2D eigenvalue weighted by atomic mass is 10.2. The summed E-state index contributed by atoms with van der Waals surface area (Å²) in [5, 5.41) is 11.9. The van der Waals surface area contributed by atoms with Crippen molar-refractivity contribution in [2.75, 3.05) is 23.3 Å². The van der Waals surface area contributed by atoms with Gasteiger partial charge in [0, 0.05) is 18.8 Å². The van der Waals surface area contributed by atoms with Crippen LogP contribution in [0.3, 0.4) is 0 Å². The fourth-order valence-corrected chi connectivity index (χ4v) is 4.00. The van der Waals surface area contributed by atoms with Gasteiger partial charge >= 0.3 is 0 Å². The Bertz CT molecular complexity index is 603. The molecule has 22 heavy (non-hydrogen) atoms. The van der Waals surface area contributed by atoms with Crippen molar-refractivity contribution in [3.63, 3.8) is 0 Å². The van der Waals surface area contributed by atoms with E-state index in [2.05, 4.69) is 15.5 Å². The Hall–Kier alpha value is -1.60. The number of anilines is 2. The summed E-state index contributed by atoms with van der Waals surface area (Å²) < 4.78 is 0.806. The van der Waals surface area contributed by atoms with E-state index < -0.39 is 0 Å². The minimum Gasteiger partial charge on any atom is -0.360 e. The van der Waals surface area contributed by atoms with Gasteiger partial charge in [-0.1, -0.05) is 41.3 Å². The number of rotatable bonds is 7. The van der Waals surface area contributed by atoms with Crippen LogP contribution < -0.4 is 10.2 Å². The van der Waals surface area contributed by atoms with Crippen LogP contribution in [0.15, 0.2) is 34.7 Å². The third-order valence-electron chi connectivity index (χ3n) is 3.01. The first-order chi connectivity index (χ1) is 10.7. The van der Waals surface area contributed by atoms with E-state index in [-0.39, 0.29) is 11.2 Å². The van der Waals surface area contributed by atoms with Crippen molar-refractivity contribution in [1.82, 2.24) is 10.2 Å². The van der Waals surface area contributed by atoms with E-state index in [0.29, 0.717) is 6.54 Å². The van der Waals surface area contributed by atoms with Crippen LogP contribution in [0.4, 0.5) is 10.8 Å². The van der Waals surface area contributed by atoms with Gasteiger partial charge in [0.1, 0.15) is 0 Å². The van der Waals surface area contributed by atoms with Crippen molar-refractivity contribution >= 4 is 39.8 Å². The number of thioether (sulfide) groups is 1. The molecule has 0 spiro atoms. The fraction of sp³-hybridized carbons (Fsp3) is 0.400. The molecule has 0 radical (unpaired) electrons. The van der Waals surface area contributed by atoms with E-state index in [9.17, 15) is 4.79 Å². The third kappa shape index (κ3) is 4.20. The van der Waals surface area contributed by atoms with E-state index in [4.69, 9.17) is 0 Å². The Kier molecular flexibility index (Phi) is 6.21. The molecule has 1 aromatic heterocycles. The largest absolute Gasteiger partial charge is 0.360 e. The first-order valence-corrected chi connectivity index (χ1v) is 8.95. The number of aromatic nitrogens is 2. The summed E-state index contributed by atoms with van der Waals surface area (Å²) in [4.78, 5) is 14.5. The number of nitrogens with zero attached hydrogens (tertiary/aromatic N) is 3. The van der Waals surface area contributed by atoms with Crippen molar-refractivity contribution in [3.8, 4) is 0 Å². The summed E-state index contributed by atoms with van der Waals surface area (Å²) in [5.41, 5.74) is 0.924. The predicted octanol–water partition coefficient (Wildman–Crippen LogP) is 3.50. The number of amides is 1. The lowest BCUT2D eigenvalue weighted by molar-refractivity contribution is -0.117. The van der Waals surface area contributed by atoms with Gasteiger partial charge < -0.3 is 10.2 Å². The van der Waals surface area contributed by atoms with Crippen molar-refractivity contribution in [2.45, 2.75) is 30.4 Å².